The molecule has 2 rings (SSSR count). The number of hydrogen-bond acceptors (Lipinski definition) is 3. The van der Waals surface area contributed by atoms with Crippen molar-refractivity contribution in [2.24, 2.45) is 5.92 Å². The summed E-state index contributed by atoms with van der Waals surface area (Å²) in [5.74, 6) is -0.356. The van der Waals surface area contributed by atoms with Gasteiger partial charge in [-0.3, -0.25) is 0 Å². The number of hydrogen-bond donors (Lipinski definition) is 1. The largest absolute Gasteiger partial charge is 0.465 e. The fourth-order valence-electron chi connectivity index (χ4n) is 1.89. The lowest BCUT2D eigenvalue weighted by molar-refractivity contribution is -0.146. The molecule has 1 unspecified atom stereocenters. The Kier molecular flexibility index (Phi) is 4.77. The van der Waals surface area contributed by atoms with E-state index in [1.165, 1.54) is 12.1 Å². The summed E-state index contributed by atoms with van der Waals surface area (Å²) in [6.07, 6.45) is 2.32. The van der Waals surface area contributed by atoms with Gasteiger partial charge in [-0.2, -0.15) is 0 Å². The average molecular weight is 286 g/mol. The number of ether oxygens (including phenoxy) is 1. The summed E-state index contributed by atoms with van der Waals surface area (Å²) in [6, 6.07) is 3.55. The zero-order valence-electron chi connectivity index (χ0n) is 10.8. The molecule has 0 radical (unpaired) electrons. The van der Waals surface area contributed by atoms with Gasteiger partial charge in [-0.05, 0) is 44.4 Å². The Bertz CT molecular complexity index is 463. The smallest absolute Gasteiger partial charge is 0.327 e. The molecule has 0 spiro atoms. The summed E-state index contributed by atoms with van der Waals surface area (Å²) in [7, 11) is 0. The normalized spacial score (nSPS) is 16.2. The lowest BCUT2D eigenvalue weighted by atomic mass is 10.1. The average Bonchev–Trinajstić information content (AvgIpc) is 3.16. The molecular weight excluding hydrogens is 269 g/mol. The van der Waals surface area contributed by atoms with Gasteiger partial charge in [0.2, 0.25) is 0 Å². The summed E-state index contributed by atoms with van der Waals surface area (Å²) in [4.78, 5) is 11.9. The van der Waals surface area contributed by atoms with Crippen LogP contribution in [0.25, 0.3) is 0 Å². The van der Waals surface area contributed by atoms with Crippen molar-refractivity contribution >= 4 is 17.6 Å². The van der Waals surface area contributed by atoms with Gasteiger partial charge in [-0.15, -0.1) is 0 Å². The molecule has 1 N–H and O–H groups in total. The van der Waals surface area contributed by atoms with Crippen molar-refractivity contribution in [2.45, 2.75) is 25.8 Å². The Hall–Kier alpha value is -1.13. The maximum atomic E-state index is 13.9. The summed E-state index contributed by atoms with van der Waals surface area (Å²) in [6.45, 7) is 2.70. The lowest BCUT2D eigenvalue weighted by Crippen LogP contribution is -2.32. The van der Waals surface area contributed by atoms with Gasteiger partial charge in [0.05, 0.1) is 6.61 Å². The van der Waals surface area contributed by atoms with Crippen LogP contribution in [0.3, 0.4) is 0 Å². The van der Waals surface area contributed by atoms with Crippen LogP contribution < -0.4 is 5.32 Å². The predicted molar refractivity (Wildman–Crippen MR) is 71.5 cm³/mol. The first-order chi connectivity index (χ1) is 9.11. The number of rotatable bonds is 6. The number of carbonyl (C=O) groups excluding carboxylic acids is 1. The molecule has 1 fully saturated rings. The second-order valence-corrected chi connectivity index (χ2v) is 5.14. The molecule has 5 heteroatoms. The van der Waals surface area contributed by atoms with Gasteiger partial charge in [0, 0.05) is 10.6 Å². The van der Waals surface area contributed by atoms with Crippen LogP contribution in [0.5, 0.6) is 0 Å². The summed E-state index contributed by atoms with van der Waals surface area (Å²) in [5.41, 5.74) is 0.281. The zero-order chi connectivity index (χ0) is 13.8. The molecular formula is C14H17ClFNO2. The highest BCUT2D eigenvalue weighted by Crippen LogP contribution is 2.29. The van der Waals surface area contributed by atoms with Crippen LogP contribution in [0, 0.1) is 11.7 Å². The van der Waals surface area contributed by atoms with E-state index in [2.05, 4.69) is 5.32 Å². The van der Waals surface area contributed by atoms with Crippen molar-refractivity contribution in [3.05, 3.63) is 34.6 Å². The van der Waals surface area contributed by atoms with Gasteiger partial charge in [0.25, 0.3) is 0 Å². The van der Waals surface area contributed by atoms with Gasteiger partial charge >= 0.3 is 5.97 Å². The van der Waals surface area contributed by atoms with Crippen LogP contribution in [-0.4, -0.2) is 19.1 Å². The molecule has 0 aliphatic heterocycles. The highest BCUT2D eigenvalue weighted by Gasteiger charge is 2.28. The third-order valence-electron chi connectivity index (χ3n) is 3.10. The van der Waals surface area contributed by atoms with E-state index in [4.69, 9.17) is 16.3 Å². The van der Waals surface area contributed by atoms with Gasteiger partial charge in [-0.1, -0.05) is 17.7 Å². The van der Waals surface area contributed by atoms with E-state index < -0.39 is 17.8 Å². The fourth-order valence-corrected chi connectivity index (χ4v) is 2.05. The number of esters is 1. The van der Waals surface area contributed by atoms with E-state index in [1.807, 2.05) is 0 Å². The summed E-state index contributed by atoms with van der Waals surface area (Å²) in [5, 5.41) is 3.40. The number of nitrogens with one attached hydrogen (secondary N) is 1. The Morgan fingerprint density at radius 2 is 2.32 bits per heavy atom. The van der Waals surface area contributed by atoms with E-state index in [9.17, 15) is 9.18 Å². The summed E-state index contributed by atoms with van der Waals surface area (Å²) < 4.78 is 18.9. The molecule has 0 amide bonds. The van der Waals surface area contributed by atoms with Crippen LogP contribution in [0.2, 0.25) is 5.02 Å². The lowest BCUT2D eigenvalue weighted by Gasteiger charge is -2.18. The highest BCUT2D eigenvalue weighted by molar-refractivity contribution is 6.30. The first kappa shape index (κ1) is 14.3. The minimum atomic E-state index is -0.766. The Balaban J connectivity index is 2.15. The van der Waals surface area contributed by atoms with E-state index in [-0.39, 0.29) is 12.2 Å². The first-order valence-electron chi connectivity index (χ1n) is 6.46. The van der Waals surface area contributed by atoms with Crippen LogP contribution in [-0.2, 0) is 9.53 Å². The minimum Gasteiger partial charge on any atom is -0.465 e. The molecule has 0 aromatic heterocycles. The van der Waals surface area contributed by atoms with Crippen molar-refractivity contribution in [3.63, 3.8) is 0 Å². The summed E-state index contributed by atoms with van der Waals surface area (Å²) >= 11 is 5.72. The molecule has 1 saturated carbocycles. The topological polar surface area (TPSA) is 38.3 Å². The van der Waals surface area contributed by atoms with Gasteiger partial charge in [0.15, 0.2) is 0 Å². The molecule has 0 bridgehead atoms. The maximum absolute atomic E-state index is 13.9. The molecule has 104 valence electrons. The second-order valence-electron chi connectivity index (χ2n) is 4.70. The molecule has 0 heterocycles. The minimum absolute atomic E-state index is 0.273. The van der Waals surface area contributed by atoms with Crippen molar-refractivity contribution in [2.75, 3.05) is 13.2 Å². The Morgan fingerprint density at radius 1 is 1.58 bits per heavy atom. The molecule has 1 aromatic carbocycles. The highest BCUT2D eigenvalue weighted by atomic mass is 35.5. The van der Waals surface area contributed by atoms with E-state index in [1.54, 1.807) is 13.0 Å². The van der Waals surface area contributed by atoms with E-state index >= 15 is 0 Å². The monoisotopic (exact) mass is 285 g/mol. The zero-order valence-corrected chi connectivity index (χ0v) is 11.5. The van der Waals surface area contributed by atoms with E-state index in [0.717, 1.165) is 12.8 Å². The molecule has 1 aromatic rings. The second kappa shape index (κ2) is 6.35. The fraction of sp³-hybridized carbons (Fsp3) is 0.500. The Morgan fingerprint density at radius 3 is 2.89 bits per heavy atom. The SMILES string of the molecule is CCOC(=O)C(NCC1CC1)c1ccc(Cl)cc1F. The molecule has 3 nitrogen and oxygen atoms in total. The number of carbonyl (C=O) groups is 1. The first-order valence-corrected chi connectivity index (χ1v) is 6.84. The predicted octanol–water partition coefficient (Wildman–Crippen LogP) is 3.08. The van der Waals surface area contributed by atoms with Crippen molar-refractivity contribution in [1.29, 1.82) is 0 Å². The van der Waals surface area contributed by atoms with Crippen molar-refractivity contribution in [3.8, 4) is 0 Å². The maximum Gasteiger partial charge on any atom is 0.327 e. The van der Waals surface area contributed by atoms with Gasteiger partial charge < -0.3 is 10.1 Å². The number of benzene rings is 1. The van der Waals surface area contributed by atoms with Crippen LogP contribution in [0.1, 0.15) is 31.4 Å². The molecule has 1 atom stereocenters. The number of halogens is 2. The van der Waals surface area contributed by atoms with Crippen molar-refractivity contribution in [1.82, 2.24) is 5.32 Å². The van der Waals surface area contributed by atoms with Crippen molar-refractivity contribution < 1.29 is 13.9 Å². The quantitative estimate of drug-likeness (QED) is 0.816. The van der Waals surface area contributed by atoms with Crippen LogP contribution in [0.4, 0.5) is 4.39 Å². The van der Waals surface area contributed by atoms with Crippen LogP contribution >= 0.6 is 11.6 Å². The third-order valence-corrected chi connectivity index (χ3v) is 3.34. The van der Waals surface area contributed by atoms with E-state index in [0.29, 0.717) is 17.5 Å². The molecule has 0 saturated heterocycles. The van der Waals surface area contributed by atoms with Gasteiger partial charge in [0.1, 0.15) is 11.9 Å². The third kappa shape index (κ3) is 3.91. The van der Waals surface area contributed by atoms with Gasteiger partial charge in [-0.25, -0.2) is 9.18 Å². The van der Waals surface area contributed by atoms with Crippen LogP contribution in [0.15, 0.2) is 18.2 Å². The molecule has 1 aliphatic carbocycles. The Labute approximate surface area is 117 Å². The molecule has 19 heavy (non-hydrogen) atoms. The standard InChI is InChI=1S/C14H17ClFNO2/c1-2-19-14(18)13(17-8-9-3-4-9)11-6-5-10(15)7-12(11)16/h5-7,9,13,17H,2-4,8H2,1H3. The molecule has 1 aliphatic rings.